The topological polar surface area (TPSA) is 65.9 Å². The van der Waals surface area contributed by atoms with E-state index in [0.29, 0.717) is 17.9 Å². The molecule has 0 fully saturated rings. The van der Waals surface area contributed by atoms with Crippen LogP contribution in [0.3, 0.4) is 0 Å². The van der Waals surface area contributed by atoms with Gasteiger partial charge in [-0.25, -0.2) is 4.79 Å². The van der Waals surface area contributed by atoms with Gasteiger partial charge in [0.25, 0.3) is 0 Å². The molecule has 0 saturated heterocycles. The second kappa shape index (κ2) is 4.30. The molecule has 86 valence electrons. The fourth-order valence-electron chi connectivity index (χ4n) is 1.80. The average molecular weight is 228 g/mol. The molecule has 0 saturated carbocycles. The van der Waals surface area contributed by atoms with Crippen molar-refractivity contribution in [3.05, 3.63) is 35.0 Å². The number of hydrogen-bond donors (Lipinski definition) is 1. The second-order valence-electron chi connectivity index (χ2n) is 3.72. The van der Waals surface area contributed by atoms with E-state index in [4.69, 9.17) is 10.00 Å². The molecule has 2 rings (SSSR count). The molecule has 1 aromatic heterocycles. The molecular formula is C13H12N2O2. The summed E-state index contributed by atoms with van der Waals surface area (Å²) in [6.07, 6.45) is 0. The zero-order chi connectivity index (χ0) is 12.4. The molecule has 0 aliphatic heterocycles. The molecule has 4 heteroatoms. The minimum absolute atomic E-state index is 0.344. The van der Waals surface area contributed by atoms with E-state index in [1.54, 1.807) is 25.1 Å². The number of ether oxygens (including phenoxy) is 1. The minimum Gasteiger partial charge on any atom is -0.461 e. The van der Waals surface area contributed by atoms with Gasteiger partial charge < -0.3 is 9.72 Å². The Balaban J connectivity index is 2.57. The van der Waals surface area contributed by atoms with Crippen LogP contribution in [0.15, 0.2) is 18.2 Å². The molecular weight excluding hydrogens is 216 g/mol. The zero-order valence-electron chi connectivity index (χ0n) is 9.70. The molecule has 0 atom stereocenters. The highest BCUT2D eigenvalue weighted by Gasteiger charge is 2.15. The Morgan fingerprint density at radius 2 is 2.29 bits per heavy atom. The van der Waals surface area contributed by atoms with Crippen LogP contribution in [0.4, 0.5) is 0 Å². The summed E-state index contributed by atoms with van der Waals surface area (Å²) in [4.78, 5) is 14.7. The quantitative estimate of drug-likeness (QED) is 0.803. The van der Waals surface area contributed by atoms with Gasteiger partial charge in [-0.15, -0.1) is 0 Å². The van der Waals surface area contributed by atoms with Crippen molar-refractivity contribution in [3.63, 3.8) is 0 Å². The van der Waals surface area contributed by atoms with E-state index in [9.17, 15) is 4.79 Å². The number of hydrogen-bond acceptors (Lipinski definition) is 3. The summed E-state index contributed by atoms with van der Waals surface area (Å²) in [5.74, 6) is -0.361. The van der Waals surface area contributed by atoms with Gasteiger partial charge in [-0.3, -0.25) is 0 Å². The van der Waals surface area contributed by atoms with Crippen molar-refractivity contribution >= 4 is 16.9 Å². The van der Waals surface area contributed by atoms with Crippen LogP contribution in [-0.4, -0.2) is 17.6 Å². The van der Waals surface area contributed by atoms with Crippen LogP contribution in [-0.2, 0) is 4.74 Å². The Hall–Kier alpha value is -2.28. The lowest BCUT2D eigenvalue weighted by molar-refractivity contribution is 0.0520. The lowest BCUT2D eigenvalue weighted by atomic mass is 10.1. The normalized spacial score (nSPS) is 10.2. The Morgan fingerprint density at radius 3 is 2.94 bits per heavy atom. The molecule has 1 aromatic carbocycles. The maximum Gasteiger partial charge on any atom is 0.355 e. The van der Waals surface area contributed by atoms with Crippen molar-refractivity contribution in [3.8, 4) is 6.07 Å². The van der Waals surface area contributed by atoms with Crippen molar-refractivity contribution in [2.24, 2.45) is 0 Å². The van der Waals surface area contributed by atoms with Gasteiger partial charge in [0.15, 0.2) is 0 Å². The van der Waals surface area contributed by atoms with Crippen molar-refractivity contribution in [1.82, 2.24) is 4.98 Å². The number of rotatable bonds is 2. The molecule has 0 aliphatic rings. The van der Waals surface area contributed by atoms with E-state index in [2.05, 4.69) is 11.1 Å². The first kappa shape index (κ1) is 11.2. The number of H-pyrrole nitrogens is 1. The van der Waals surface area contributed by atoms with Crippen LogP contribution in [0.1, 0.15) is 28.5 Å². The van der Waals surface area contributed by atoms with E-state index in [1.165, 1.54) is 0 Å². The van der Waals surface area contributed by atoms with Crippen LogP contribution in [0, 0.1) is 18.3 Å². The minimum atomic E-state index is -0.361. The van der Waals surface area contributed by atoms with Crippen molar-refractivity contribution in [2.75, 3.05) is 6.61 Å². The van der Waals surface area contributed by atoms with Crippen molar-refractivity contribution < 1.29 is 9.53 Å². The average Bonchev–Trinajstić information content (AvgIpc) is 2.67. The maximum absolute atomic E-state index is 11.7. The SMILES string of the molecule is CCOC(=O)c1[nH]c2ccc(C#N)cc2c1C. The fourth-order valence-corrected chi connectivity index (χ4v) is 1.80. The first-order valence-electron chi connectivity index (χ1n) is 5.37. The number of aromatic amines is 1. The van der Waals surface area contributed by atoms with Crippen LogP contribution in [0.5, 0.6) is 0 Å². The Labute approximate surface area is 98.8 Å². The molecule has 2 aromatic rings. The number of nitrogens with zero attached hydrogens (tertiary/aromatic N) is 1. The lowest BCUT2D eigenvalue weighted by Crippen LogP contribution is -2.06. The summed E-state index contributed by atoms with van der Waals surface area (Å²) in [6, 6.07) is 7.36. The number of benzene rings is 1. The predicted molar refractivity (Wildman–Crippen MR) is 63.7 cm³/mol. The fraction of sp³-hybridized carbons (Fsp3) is 0.231. The summed E-state index contributed by atoms with van der Waals surface area (Å²) in [6.45, 7) is 3.95. The van der Waals surface area contributed by atoms with Crippen LogP contribution >= 0.6 is 0 Å². The molecule has 0 aliphatic carbocycles. The van der Waals surface area contributed by atoms with Gasteiger partial charge in [-0.1, -0.05) is 0 Å². The van der Waals surface area contributed by atoms with Gasteiger partial charge in [-0.05, 0) is 37.6 Å². The summed E-state index contributed by atoms with van der Waals surface area (Å²) >= 11 is 0. The second-order valence-corrected chi connectivity index (χ2v) is 3.72. The third-order valence-electron chi connectivity index (χ3n) is 2.67. The maximum atomic E-state index is 11.7. The first-order valence-corrected chi connectivity index (χ1v) is 5.37. The standard InChI is InChI=1S/C13H12N2O2/c1-3-17-13(16)12-8(2)10-6-9(7-14)4-5-11(10)15-12/h4-6,15H,3H2,1-2H3. The number of esters is 1. The monoisotopic (exact) mass is 228 g/mol. The summed E-state index contributed by atoms with van der Waals surface area (Å²) in [5.41, 5.74) is 2.69. The van der Waals surface area contributed by atoms with Crippen LogP contribution in [0.25, 0.3) is 10.9 Å². The number of carbonyl (C=O) groups excluding carboxylic acids is 1. The third kappa shape index (κ3) is 1.87. The van der Waals surface area contributed by atoms with Crippen LogP contribution < -0.4 is 0 Å². The molecule has 0 radical (unpaired) electrons. The van der Waals surface area contributed by atoms with E-state index >= 15 is 0 Å². The summed E-state index contributed by atoms with van der Waals surface area (Å²) in [7, 11) is 0. The van der Waals surface area contributed by atoms with E-state index in [1.807, 2.05) is 6.92 Å². The van der Waals surface area contributed by atoms with Gasteiger partial charge in [0.2, 0.25) is 0 Å². The third-order valence-corrected chi connectivity index (χ3v) is 2.67. The number of nitriles is 1. The van der Waals surface area contributed by atoms with Gasteiger partial charge in [-0.2, -0.15) is 5.26 Å². The number of carbonyl (C=O) groups is 1. The number of fused-ring (bicyclic) bond motifs is 1. The lowest BCUT2D eigenvalue weighted by Gasteiger charge is -1.99. The highest BCUT2D eigenvalue weighted by Crippen LogP contribution is 2.23. The van der Waals surface area contributed by atoms with E-state index in [-0.39, 0.29) is 5.97 Å². The van der Waals surface area contributed by atoms with Gasteiger partial charge in [0, 0.05) is 10.9 Å². The molecule has 4 nitrogen and oxygen atoms in total. The zero-order valence-corrected chi connectivity index (χ0v) is 9.70. The molecule has 1 N–H and O–H groups in total. The first-order chi connectivity index (χ1) is 8.17. The van der Waals surface area contributed by atoms with Gasteiger partial charge in [0.05, 0.1) is 18.2 Å². The summed E-state index contributed by atoms with van der Waals surface area (Å²) < 4.78 is 4.96. The van der Waals surface area contributed by atoms with Crippen molar-refractivity contribution in [2.45, 2.75) is 13.8 Å². The molecule has 0 bridgehead atoms. The number of nitrogens with one attached hydrogen (secondary N) is 1. The Morgan fingerprint density at radius 1 is 1.53 bits per heavy atom. The molecule has 0 unspecified atom stereocenters. The van der Waals surface area contributed by atoms with Crippen LogP contribution in [0.2, 0.25) is 0 Å². The molecule has 17 heavy (non-hydrogen) atoms. The smallest absolute Gasteiger partial charge is 0.355 e. The molecule has 0 amide bonds. The predicted octanol–water partition coefficient (Wildman–Crippen LogP) is 2.52. The number of aryl methyl sites for hydroxylation is 1. The Bertz CT molecular complexity index is 620. The van der Waals surface area contributed by atoms with E-state index in [0.717, 1.165) is 16.5 Å². The summed E-state index contributed by atoms with van der Waals surface area (Å²) in [5, 5.41) is 9.72. The van der Waals surface area contributed by atoms with E-state index < -0.39 is 0 Å². The van der Waals surface area contributed by atoms with Gasteiger partial charge in [0.1, 0.15) is 5.69 Å². The highest BCUT2D eigenvalue weighted by molar-refractivity contribution is 5.98. The number of aromatic nitrogens is 1. The molecule has 0 spiro atoms. The Kier molecular flexibility index (Phi) is 2.84. The molecule has 1 heterocycles. The largest absolute Gasteiger partial charge is 0.461 e. The van der Waals surface area contributed by atoms with Crippen molar-refractivity contribution in [1.29, 1.82) is 5.26 Å². The van der Waals surface area contributed by atoms with Gasteiger partial charge >= 0.3 is 5.97 Å². The highest BCUT2D eigenvalue weighted by atomic mass is 16.5.